The second-order valence-electron chi connectivity index (χ2n) is 6.31. The Labute approximate surface area is 145 Å². The van der Waals surface area contributed by atoms with Crippen LogP contribution in [0.2, 0.25) is 0 Å². The number of nitrogens with one attached hydrogen (secondary N) is 1. The van der Waals surface area contributed by atoms with Crippen molar-refractivity contribution in [2.24, 2.45) is 0 Å². The number of rotatable bonds is 6. The van der Waals surface area contributed by atoms with E-state index in [4.69, 9.17) is 4.52 Å². The van der Waals surface area contributed by atoms with Crippen molar-refractivity contribution < 1.29 is 9.32 Å². The topological polar surface area (TPSA) is 93.3 Å². The molecule has 1 unspecified atom stereocenters. The predicted molar refractivity (Wildman–Crippen MR) is 91.3 cm³/mol. The number of amides is 1. The summed E-state index contributed by atoms with van der Waals surface area (Å²) in [5.74, 6) is -0.0301. The fourth-order valence-corrected chi connectivity index (χ4v) is 3.15. The van der Waals surface area contributed by atoms with Gasteiger partial charge in [-0.3, -0.25) is 14.5 Å². The van der Waals surface area contributed by atoms with Crippen molar-refractivity contribution in [3.8, 4) is 0 Å². The first-order chi connectivity index (χ1) is 12.1. The van der Waals surface area contributed by atoms with Gasteiger partial charge in [-0.1, -0.05) is 11.6 Å². The third-order valence-electron chi connectivity index (χ3n) is 4.51. The second-order valence-corrected chi connectivity index (χ2v) is 6.31. The fourth-order valence-electron chi connectivity index (χ4n) is 3.15. The second kappa shape index (κ2) is 8.06. The van der Waals surface area contributed by atoms with E-state index in [1.54, 1.807) is 18.2 Å². The minimum Gasteiger partial charge on any atom is -0.351 e. The first kappa shape index (κ1) is 17.3. The first-order valence-corrected chi connectivity index (χ1v) is 8.61. The van der Waals surface area contributed by atoms with Gasteiger partial charge >= 0.3 is 0 Å². The Hall–Kier alpha value is -2.48. The lowest BCUT2D eigenvalue weighted by Crippen LogP contribution is -2.48. The zero-order chi connectivity index (χ0) is 17.6. The molecule has 1 aliphatic heterocycles. The molecule has 8 nitrogen and oxygen atoms in total. The summed E-state index contributed by atoms with van der Waals surface area (Å²) < 4.78 is 6.38. The maximum atomic E-state index is 12.0. The molecule has 1 N–H and O–H groups in total. The lowest BCUT2D eigenvalue weighted by Gasteiger charge is -2.35. The summed E-state index contributed by atoms with van der Waals surface area (Å²) in [5.41, 5.74) is 0.742. The monoisotopic (exact) mass is 345 g/mol. The molecule has 0 spiro atoms. The van der Waals surface area contributed by atoms with Gasteiger partial charge in [-0.25, -0.2) is 4.68 Å². The van der Waals surface area contributed by atoms with Gasteiger partial charge < -0.3 is 9.84 Å². The van der Waals surface area contributed by atoms with E-state index in [1.807, 2.05) is 6.92 Å². The van der Waals surface area contributed by atoms with Crippen LogP contribution in [0.3, 0.4) is 0 Å². The Morgan fingerprint density at radius 2 is 2.20 bits per heavy atom. The Kier molecular flexibility index (Phi) is 5.60. The summed E-state index contributed by atoms with van der Waals surface area (Å²) in [6, 6.07) is 5.07. The van der Waals surface area contributed by atoms with E-state index in [2.05, 4.69) is 20.5 Å². The van der Waals surface area contributed by atoms with Crippen molar-refractivity contribution in [3.05, 3.63) is 46.2 Å². The van der Waals surface area contributed by atoms with Crippen LogP contribution in [-0.2, 0) is 6.54 Å². The van der Waals surface area contributed by atoms with Crippen molar-refractivity contribution >= 4 is 5.91 Å². The van der Waals surface area contributed by atoms with Gasteiger partial charge in [-0.2, -0.15) is 5.10 Å². The van der Waals surface area contributed by atoms with Crippen LogP contribution in [0.15, 0.2) is 33.7 Å². The van der Waals surface area contributed by atoms with Crippen molar-refractivity contribution in [1.82, 2.24) is 25.2 Å². The molecule has 134 valence electrons. The van der Waals surface area contributed by atoms with E-state index >= 15 is 0 Å². The van der Waals surface area contributed by atoms with Gasteiger partial charge in [0.15, 0.2) is 0 Å². The zero-order valence-corrected chi connectivity index (χ0v) is 14.4. The minimum absolute atomic E-state index is 0.0854. The van der Waals surface area contributed by atoms with Crippen LogP contribution in [0.25, 0.3) is 0 Å². The number of carbonyl (C=O) groups is 1. The average molecular weight is 345 g/mol. The van der Waals surface area contributed by atoms with Crippen LogP contribution in [0.1, 0.15) is 35.5 Å². The van der Waals surface area contributed by atoms with E-state index in [0.717, 1.165) is 38.0 Å². The summed E-state index contributed by atoms with van der Waals surface area (Å²) in [5, 5.41) is 10.7. The van der Waals surface area contributed by atoms with Gasteiger partial charge in [0.05, 0.1) is 18.4 Å². The molecule has 0 aromatic carbocycles. The first-order valence-electron chi connectivity index (χ1n) is 8.61. The molecule has 0 saturated carbocycles. The highest BCUT2D eigenvalue weighted by Gasteiger charge is 2.23. The molecular formula is C17H23N5O3. The number of aryl methyl sites for hydroxylation is 1. The maximum absolute atomic E-state index is 12.0. The van der Waals surface area contributed by atoms with Gasteiger partial charge in [0.25, 0.3) is 11.5 Å². The Morgan fingerprint density at radius 3 is 3.00 bits per heavy atom. The summed E-state index contributed by atoms with van der Waals surface area (Å²) in [4.78, 5) is 26.2. The number of likely N-dealkylation sites (tertiary alicyclic amines) is 1. The summed E-state index contributed by atoms with van der Waals surface area (Å²) >= 11 is 0. The molecule has 3 heterocycles. The highest BCUT2D eigenvalue weighted by molar-refractivity contribution is 5.91. The van der Waals surface area contributed by atoms with E-state index in [1.165, 1.54) is 10.9 Å². The van der Waals surface area contributed by atoms with E-state index < -0.39 is 0 Å². The number of piperidine rings is 1. The Morgan fingerprint density at radius 1 is 1.32 bits per heavy atom. The van der Waals surface area contributed by atoms with Gasteiger partial charge in [0.2, 0.25) is 5.76 Å². The van der Waals surface area contributed by atoms with Crippen LogP contribution in [0, 0.1) is 6.92 Å². The summed E-state index contributed by atoms with van der Waals surface area (Å²) in [7, 11) is 0. The predicted octanol–water partition coefficient (Wildman–Crippen LogP) is 0.824. The molecule has 1 saturated heterocycles. The molecule has 8 heteroatoms. The summed E-state index contributed by atoms with van der Waals surface area (Å²) in [6.45, 7) is 4.67. The number of nitrogens with zero attached hydrogens (tertiary/aromatic N) is 4. The van der Waals surface area contributed by atoms with Gasteiger partial charge in [0.1, 0.15) is 0 Å². The highest BCUT2D eigenvalue weighted by Crippen LogP contribution is 2.16. The largest absolute Gasteiger partial charge is 0.351 e. The van der Waals surface area contributed by atoms with Crippen molar-refractivity contribution in [2.45, 2.75) is 38.8 Å². The maximum Gasteiger partial charge on any atom is 0.289 e. The van der Waals surface area contributed by atoms with Crippen LogP contribution < -0.4 is 10.9 Å². The van der Waals surface area contributed by atoms with Crippen LogP contribution in [0.5, 0.6) is 0 Å². The normalized spacial score (nSPS) is 18.2. The highest BCUT2D eigenvalue weighted by atomic mass is 16.5. The lowest BCUT2D eigenvalue weighted by molar-refractivity contribution is 0.0874. The van der Waals surface area contributed by atoms with Gasteiger partial charge in [-0.05, 0) is 32.4 Å². The molecule has 1 aliphatic rings. The molecule has 25 heavy (non-hydrogen) atoms. The third-order valence-corrected chi connectivity index (χ3v) is 4.51. The third kappa shape index (κ3) is 4.54. The molecule has 1 fully saturated rings. The molecule has 0 radical (unpaired) electrons. The van der Waals surface area contributed by atoms with E-state index in [9.17, 15) is 9.59 Å². The number of hydrogen-bond donors (Lipinski definition) is 1. The zero-order valence-electron chi connectivity index (χ0n) is 14.4. The number of aromatic nitrogens is 3. The SMILES string of the molecule is Cc1ccc(=O)n(CCN2CCCCC2CNC(=O)c2ccno2)n1. The smallest absolute Gasteiger partial charge is 0.289 e. The molecule has 0 bridgehead atoms. The molecule has 0 aliphatic carbocycles. The van der Waals surface area contributed by atoms with Crippen LogP contribution >= 0.6 is 0 Å². The number of hydrogen-bond acceptors (Lipinski definition) is 6. The van der Waals surface area contributed by atoms with Gasteiger partial charge in [0, 0.05) is 31.3 Å². The van der Waals surface area contributed by atoms with Crippen molar-refractivity contribution in [3.63, 3.8) is 0 Å². The number of carbonyl (C=O) groups excluding carboxylic acids is 1. The molecule has 1 amide bonds. The van der Waals surface area contributed by atoms with Crippen LogP contribution in [-0.4, -0.2) is 51.4 Å². The molecule has 2 aromatic heterocycles. The fraction of sp³-hybridized carbons (Fsp3) is 0.529. The molecule has 3 rings (SSSR count). The van der Waals surface area contributed by atoms with E-state index in [0.29, 0.717) is 13.1 Å². The van der Waals surface area contributed by atoms with Crippen molar-refractivity contribution in [2.75, 3.05) is 19.6 Å². The quantitative estimate of drug-likeness (QED) is 0.833. The standard InChI is InChI=1S/C17H23N5O3/c1-13-5-6-16(23)22(20-13)11-10-21-9-3-2-4-14(21)12-18-17(24)15-7-8-19-25-15/h5-8,14H,2-4,9-12H2,1H3,(H,18,24). The molecular weight excluding hydrogens is 322 g/mol. The molecule has 2 aromatic rings. The van der Waals surface area contributed by atoms with Crippen molar-refractivity contribution in [1.29, 1.82) is 0 Å². The van der Waals surface area contributed by atoms with E-state index in [-0.39, 0.29) is 23.3 Å². The van der Waals surface area contributed by atoms with Gasteiger partial charge in [-0.15, -0.1) is 0 Å². The summed E-state index contributed by atoms with van der Waals surface area (Å²) in [6.07, 6.45) is 4.74. The average Bonchev–Trinajstić information content (AvgIpc) is 3.16. The molecule has 1 atom stereocenters. The lowest BCUT2D eigenvalue weighted by atomic mass is 10.0. The Bertz CT molecular complexity index is 756. The van der Waals surface area contributed by atoms with Crippen LogP contribution in [0.4, 0.5) is 0 Å². The Balaban J connectivity index is 1.56. The minimum atomic E-state index is -0.250.